The van der Waals surface area contributed by atoms with Crippen molar-refractivity contribution in [2.45, 2.75) is 13.1 Å². The third-order valence-electron chi connectivity index (χ3n) is 6.29. The smallest absolute Gasteiger partial charge is 0.416 e. The topological polar surface area (TPSA) is 125 Å². The van der Waals surface area contributed by atoms with Crippen molar-refractivity contribution < 1.29 is 46.5 Å². The van der Waals surface area contributed by atoms with Crippen molar-refractivity contribution in [2.75, 3.05) is 18.7 Å². The third-order valence-corrected chi connectivity index (χ3v) is 6.29. The van der Waals surface area contributed by atoms with Crippen molar-refractivity contribution in [3.8, 4) is 23.0 Å². The molecule has 0 radical (unpaired) electrons. The number of benzene rings is 4. The van der Waals surface area contributed by atoms with Crippen LogP contribution in [0.15, 0.2) is 90.0 Å². The Morgan fingerprint density at radius 3 is 2.38 bits per heavy atom. The number of carbonyl (C=O) groups excluding carboxylic acids is 3. The number of anilines is 1. The molecule has 45 heavy (non-hydrogen) atoms. The molecular weight excluding hydrogens is 595 g/mol. The quantitative estimate of drug-likeness (QED) is 0.101. The summed E-state index contributed by atoms with van der Waals surface area (Å²) in [6.45, 7) is 2.12. The van der Waals surface area contributed by atoms with Gasteiger partial charge < -0.3 is 24.3 Å². The van der Waals surface area contributed by atoms with Gasteiger partial charge in [0.2, 0.25) is 6.79 Å². The SMILES string of the molecule is CCOc1cc(C=NNC(=O)c2cccc(NC(=O)c3cccc(C(F)(F)F)c3)c2)ccc1OC(=O)c1ccc2c(c1)OCO2. The lowest BCUT2D eigenvalue weighted by Crippen LogP contribution is -2.18. The molecule has 4 aromatic rings. The molecule has 13 heteroatoms. The molecule has 5 rings (SSSR count). The van der Waals surface area contributed by atoms with E-state index in [0.29, 0.717) is 17.1 Å². The standard InChI is InChI=1S/C32H24F3N3O7/c1-2-42-27-13-19(9-11-26(27)45-31(41)22-10-12-25-28(16-22)44-18-43-25)17-36-38-30(40)21-6-4-8-24(15-21)37-29(39)20-5-3-7-23(14-20)32(33,34)35/h3-17H,2,18H2,1H3,(H,37,39)(H,38,40). The van der Waals surface area contributed by atoms with Crippen molar-refractivity contribution >= 4 is 29.7 Å². The lowest BCUT2D eigenvalue weighted by atomic mass is 10.1. The zero-order valence-electron chi connectivity index (χ0n) is 23.5. The highest BCUT2D eigenvalue weighted by Crippen LogP contribution is 2.34. The van der Waals surface area contributed by atoms with Crippen LogP contribution < -0.4 is 29.7 Å². The second-order valence-electron chi connectivity index (χ2n) is 9.41. The van der Waals surface area contributed by atoms with Gasteiger partial charge in [-0.25, -0.2) is 10.2 Å². The fraction of sp³-hybridized carbons (Fsp3) is 0.125. The Morgan fingerprint density at radius 2 is 1.60 bits per heavy atom. The van der Waals surface area contributed by atoms with Crippen LogP contribution in [0.5, 0.6) is 23.0 Å². The molecule has 0 aliphatic carbocycles. The first-order chi connectivity index (χ1) is 21.6. The monoisotopic (exact) mass is 619 g/mol. The van der Waals surface area contributed by atoms with Crippen LogP contribution in [0.4, 0.5) is 18.9 Å². The number of halogens is 3. The number of amides is 2. The number of esters is 1. The predicted molar refractivity (Wildman–Crippen MR) is 156 cm³/mol. The zero-order valence-corrected chi connectivity index (χ0v) is 23.5. The molecule has 1 aliphatic heterocycles. The molecule has 4 aromatic carbocycles. The van der Waals surface area contributed by atoms with Crippen LogP contribution in [0.3, 0.4) is 0 Å². The van der Waals surface area contributed by atoms with Crippen molar-refractivity contribution in [3.05, 3.63) is 113 Å². The minimum Gasteiger partial charge on any atom is -0.490 e. The van der Waals surface area contributed by atoms with E-state index in [0.717, 1.165) is 18.2 Å². The molecule has 10 nitrogen and oxygen atoms in total. The molecule has 0 saturated heterocycles. The van der Waals surface area contributed by atoms with Gasteiger partial charge in [0, 0.05) is 16.8 Å². The summed E-state index contributed by atoms with van der Waals surface area (Å²) >= 11 is 0. The normalized spacial score (nSPS) is 12.1. The molecule has 0 aromatic heterocycles. The number of nitrogens with one attached hydrogen (secondary N) is 2. The van der Waals surface area contributed by atoms with E-state index in [1.807, 2.05) is 0 Å². The Kier molecular flexibility index (Phi) is 8.98. The summed E-state index contributed by atoms with van der Waals surface area (Å²) < 4.78 is 60.7. The lowest BCUT2D eigenvalue weighted by molar-refractivity contribution is -0.137. The van der Waals surface area contributed by atoms with Crippen LogP contribution in [0, 0.1) is 0 Å². The number of alkyl halides is 3. The Hall–Kier alpha value is -5.85. The Balaban J connectivity index is 1.21. The highest BCUT2D eigenvalue weighted by Gasteiger charge is 2.31. The van der Waals surface area contributed by atoms with Crippen molar-refractivity contribution in [1.82, 2.24) is 5.43 Å². The van der Waals surface area contributed by atoms with Gasteiger partial charge in [-0.15, -0.1) is 0 Å². The van der Waals surface area contributed by atoms with Crippen LogP contribution in [-0.4, -0.2) is 37.4 Å². The fourth-order valence-electron chi connectivity index (χ4n) is 4.15. The molecular formula is C32H24F3N3O7. The molecule has 2 amide bonds. The fourth-order valence-corrected chi connectivity index (χ4v) is 4.15. The number of carbonyl (C=O) groups is 3. The minimum absolute atomic E-state index is 0.0722. The van der Waals surface area contributed by atoms with Gasteiger partial charge in [-0.1, -0.05) is 12.1 Å². The molecule has 0 atom stereocenters. The summed E-state index contributed by atoms with van der Waals surface area (Å²) in [4.78, 5) is 37.9. The lowest BCUT2D eigenvalue weighted by Gasteiger charge is -2.11. The van der Waals surface area contributed by atoms with Gasteiger partial charge in [-0.2, -0.15) is 18.3 Å². The number of nitrogens with zero attached hydrogens (tertiary/aromatic N) is 1. The molecule has 1 aliphatic rings. The second-order valence-corrected chi connectivity index (χ2v) is 9.41. The molecule has 0 bridgehead atoms. The van der Waals surface area contributed by atoms with Gasteiger partial charge in [0.15, 0.2) is 23.0 Å². The first-order valence-electron chi connectivity index (χ1n) is 13.4. The molecule has 0 unspecified atom stereocenters. The average molecular weight is 620 g/mol. The van der Waals surface area contributed by atoms with Gasteiger partial charge in [0.25, 0.3) is 11.8 Å². The van der Waals surface area contributed by atoms with E-state index in [9.17, 15) is 27.6 Å². The highest BCUT2D eigenvalue weighted by atomic mass is 19.4. The zero-order chi connectivity index (χ0) is 32.0. The molecule has 0 spiro atoms. The minimum atomic E-state index is -4.59. The average Bonchev–Trinajstić information content (AvgIpc) is 3.50. The second kappa shape index (κ2) is 13.2. The number of fused-ring (bicyclic) bond motifs is 1. The van der Waals surface area contributed by atoms with E-state index >= 15 is 0 Å². The van der Waals surface area contributed by atoms with E-state index in [1.165, 1.54) is 48.7 Å². The summed E-state index contributed by atoms with van der Waals surface area (Å²) in [5, 5.41) is 6.44. The molecule has 0 fully saturated rings. The highest BCUT2D eigenvalue weighted by molar-refractivity contribution is 6.05. The van der Waals surface area contributed by atoms with E-state index in [4.69, 9.17) is 18.9 Å². The van der Waals surface area contributed by atoms with Crippen LogP contribution in [0.2, 0.25) is 0 Å². The summed E-state index contributed by atoms with van der Waals surface area (Å²) in [6, 6.07) is 19.2. The Morgan fingerprint density at radius 1 is 0.844 bits per heavy atom. The number of hydrogen-bond acceptors (Lipinski definition) is 8. The number of hydrogen-bond donors (Lipinski definition) is 2. The maximum Gasteiger partial charge on any atom is 0.416 e. The van der Waals surface area contributed by atoms with Gasteiger partial charge in [0.05, 0.1) is 23.9 Å². The van der Waals surface area contributed by atoms with Gasteiger partial charge in [0.1, 0.15) is 0 Å². The summed E-state index contributed by atoms with van der Waals surface area (Å²) in [5.41, 5.74) is 2.33. The van der Waals surface area contributed by atoms with E-state index in [2.05, 4.69) is 15.8 Å². The van der Waals surface area contributed by atoms with Crippen molar-refractivity contribution in [1.29, 1.82) is 0 Å². The van der Waals surface area contributed by atoms with Crippen LogP contribution in [-0.2, 0) is 6.18 Å². The predicted octanol–water partition coefficient (Wildman–Crippen LogP) is 6.07. The van der Waals surface area contributed by atoms with Gasteiger partial charge in [-0.05, 0) is 85.3 Å². The first-order valence-corrected chi connectivity index (χ1v) is 13.4. The number of ether oxygens (including phenoxy) is 4. The van der Waals surface area contributed by atoms with Gasteiger partial charge in [-0.3, -0.25) is 9.59 Å². The molecule has 0 saturated carbocycles. The van der Waals surface area contributed by atoms with Crippen molar-refractivity contribution in [3.63, 3.8) is 0 Å². The summed E-state index contributed by atoms with van der Waals surface area (Å²) in [5.74, 6) is -0.597. The maximum atomic E-state index is 13.0. The van der Waals surface area contributed by atoms with E-state index in [-0.39, 0.29) is 47.3 Å². The first kappa shape index (κ1) is 30.6. The van der Waals surface area contributed by atoms with Crippen LogP contribution in [0.1, 0.15) is 49.1 Å². The van der Waals surface area contributed by atoms with Crippen molar-refractivity contribution in [2.24, 2.45) is 5.10 Å². The van der Waals surface area contributed by atoms with Crippen LogP contribution in [0.25, 0.3) is 0 Å². The number of rotatable bonds is 9. The molecule has 2 N–H and O–H groups in total. The van der Waals surface area contributed by atoms with Gasteiger partial charge >= 0.3 is 12.1 Å². The van der Waals surface area contributed by atoms with E-state index in [1.54, 1.807) is 31.2 Å². The summed E-state index contributed by atoms with van der Waals surface area (Å²) in [7, 11) is 0. The third kappa shape index (κ3) is 7.57. The van der Waals surface area contributed by atoms with E-state index < -0.39 is 29.5 Å². The Labute approximate surface area is 254 Å². The summed E-state index contributed by atoms with van der Waals surface area (Å²) in [6.07, 6.45) is -3.24. The van der Waals surface area contributed by atoms with Crippen LogP contribution >= 0.6 is 0 Å². The molecule has 1 heterocycles. The number of hydrazone groups is 1. The Bertz CT molecular complexity index is 1790. The maximum absolute atomic E-state index is 13.0. The molecule has 230 valence electrons. The largest absolute Gasteiger partial charge is 0.490 e.